The Kier molecular flexibility index (Phi) is 5.88. The normalized spacial score (nSPS) is 18.6. The highest BCUT2D eigenvalue weighted by Crippen LogP contribution is 2.18. The van der Waals surface area contributed by atoms with E-state index in [0.717, 1.165) is 63.0 Å². The molecule has 1 saturated heterocycles. The van der Waals surface area contributed by atoms with Crippen LogP contribution in [0.2, 0.25) is 0 Å². The van der Waals surface area contributed by atoms with Crippen LogP contribution in [-0.4, -0.2) is 43.4 Å². The molecule has 0 aliphatic carbocycles. The van der Waals surface area contributed by atoms with Crippen LogP contribution in [0.5, 0.6) is 0 Å². The molecule has 1 aliphatic heterocycles. The van der Waals surface area contributed by atoms with E-state index in [9.17, 15) is 0 Å². The van der Waals surface area contributed by atoms with E-state index in [0.29, 0.717) is 5.92 Å². The maximum atomic E-state index is 5.41. The van der Waals surface area contributed by atoms with Crippen molar-refractivity contribution in [2.45, 2.75) is 33.2 Å². The molecule has 0 aromatic carbocycles. The molecule has 112 valence electrons. The number of hydrogen-bond donors (Lipinski definition) is 1. The van der Waals surface area contributed by atoms with Gasteiger partial charge in [-0.3, -0.25) is 0 Å². The van der Waals surface area contributed by atoms with Gasteiger partial charge < -0.3 is 14.8 Å². The summed E-state index contributed by atoms with van der Waals surface area (Å²) in [6.07, 6.45) is 2.06. The Morgan fingerprint density at radius 1 is 1.30 bits per heavy atom. The zero-order valence-electron chi connectivity index (χ0n) is 12.7. The van der Waals surface area contributed by atoms with E-state index in [1.54, 1.807) is 7.11 Å². The number of rotatable bonds is 7. The van der Waals surface area contributed by atoms with Gasteiger partial charge >= 0.3 is 0 Å². The molecule has 1 aromatic rings. The summed E-state index contributed by atoms with van der Waals surface area (Å²) in [6.45, 7) is 8.22. The topological polar surface area (TPSA) is 56.3 Å². The van der Waals surface area contributed by atoms with Crippen LogP contribution in [-0.2, 0) is 22.4 Å². The Morgan fingerprint density at radius 2 is 2.05 bits per heavy atom. The predicted molar refractivity (Wildman–Crippen MR) is 77.7 cm³/mol. The lowest BCUT2D eigenvalue weighted by Gasteiger charge is -2.13. The minimum absolute atomic E-state index is 0.583. The SMILES string of the molecule is COCCNCc1c(C)nc(CC2CCOC2)nc1C. The van der Waals surface area contributed by atoms with Crippen molar-refractivity contribution >= 4 is 0 Å². The maximum absolute atomic E-state index is 5.41. The highest BCUT2D eigenvalue weighted by atomic mass is 16.5. The van der Waals surface area contributed by atoms with Gasteiger partial charge in [0.05, 0.1) is 6.61 Å². The molecule has 20 heavy (non-hydrogen) atoms. The van der Waals surface area contributed by atoms with Gasteiger partial charge in [-0.25, -0.2) is 9.97 Å². The Morgan fingerprint density at radius 3 is 2.65 bits per heavy atom. The largest absolute Gasteiger partial charge is 0.383 e. The van der Waals surface area contributed by atoms with Crippen molar-refractivity contribution in [3.05, 3.63) is 22.8 Å². The molecule has 5 heteroatoms. The number of nitrogens with one attached hydrogen (secondary N) is 1. The molecule has 2 rings (SSSR count). The first-order chi connectivity index (χ1) is 9.70. The van der Waals surface area contributed by atoms with Crippen LogP contribution in [0.3, 0.4) is 0 Å². The quantitative estimate of drug-likeness (QED) is 0.765. The Bertz CT molecular complexity index is 408. The number of ether oxygens (including phenoxy) is 2. The third-order valence-corrected chi connectivity index (χ3v) is 3.75. The van der Waals surface area contributed by atoms with Gasteiger partial charge in [-0.15, -0.1) is 0 Å². The molecule has 1 N–H and O–H groups in total. The van der Waals surface area contributed by atoms with Crippen molar-refractivity contribution in [3.8, 4) is 0 Å². The maximum Gasteiger partial charge on any atom is 0.129 e. The lowest BCUT2D eigenvalue weighted by Crippen LogP contribution is -2.21. The van der Waals surface area contributed by atoms with E-state index in [1.165, 1.54) is 5.56 Å². The van der Waals surface area contributed by atoms with Gasteiger partial charge in [0.15, 0.2) is 0 Å². The molecule has 1 aliphatic rings. The van der Waals surface area contributed by atoms with Crippen LogP contribution in [0.25, 0.3) is 0 Å². The Hall–Kier alpha value is -1.04. The smallest absolute Gasteiger partial charge is 0.129 e. The molecule has 2 heterocycles. The van der Waals surface area contributed by atoms with Crippen molar-refractivity contribution in [1.82, 2.24) is 15.3 Å². The lowest BCUT2D eigenvalue weighted by molar-refractivity contribution is 0.185. The monoisotopic (exact) mass is 279 g/mol. The van der Waals surface area contributed by atoms with Crippen LogP contribution >= 0.6 is 0 Å². The van der Waals surface area contributed by atoms with Crippen LogP contribution in [0.1, 0.15) is 29.2 Å². The summed E-state index contributed by atoms with van der Waals surface area (Å²) in [5, 5.41) is 3.35. The minimum atomic E-state index is 0.583. The molecule has 1 atom stereocenters. The second-order valence-electron chi connectivity index (χ2n) is 5.39. The molecule has 0 spiro atoms. The summed E-state index contributed by atoms with van der Waals surface area (Å²) in [5.41, 5.74) is 3.36. The van der Waals surface area contributed by atoms with Gasteiger partial charge in [0, 0.05) is 56.8 Å². The molecule has 0 radical (unpaired) electrons. The second kappa shape index (κ2) is 7.67. The minimum Gasteiger partial charge on any atom is -0.383 e. The molecule has 1 aromatic heterocycles. The van der Waals surface area contributed by atoms with Crippen LogP contribution < -0.4 is 5.32 Å². The van der Waals surface area contributed by atoms with Crippen LogP contribution in [0.15, 0.2) is 0 Å². The zero-order chi connectivity index (χ0) is 14.4. The standard InChI is InChI=1S/C15H25N3O2/c1-11-14(9-16-5-7-19-3)12(2)18-15(17-11)8-13-4-6-20-10-13/h13,16H,4-10H2,1-3H3. The van der Waals surface area contributed by atoms with Crippen molar-refractivity contribution in [1.29, 1.82) is 0 Å². The van der Waals surface area contributed by atoms with E-state index in [1.807, 2.05) is 0 Å². The highest BCUT2D eigenvalue weighted by molar-refractivity contribution is 5.24. The number of methoxy groups -OCH3 is 1. The van der Waals surface area contributed by atoms with E-state index in [2.05, 4.69) is 29.1 Å². The van der Waals surface area contributed by atoms with Crippen molar-refractivity contribution in [2.75, 3.05) is 33.5 Å². The van der Waals surface area contributed by atoms with E-state index < -0.39 is 0 Å². The summed E-state index contributed by atoms with van der Waals surface area (Å²) in [5.74, 6) is 1.54. The number of aryl methyl sites for hydroxylation is 2. The number of nitrogens with zero attached hydrogens (tertiary/aromatic N) is 2. The number of aromatic nitrogens is 2. The molecule has 1 unspecified atom stereocenters. The van der Waals surface area contributed by atoms with Gasteiger partial charge in [0.25, 0.3) is 0 Å². The molecular weight excluding hydrogens is 254 g/mol. The summed E-state index contributed by atoms with van der Waals surface area (Å²) in [7, 11) is 1.71. The van der Waals surface area contributed by atoms with E-state index in [4.69, 9.17) is 9.47 Å². The first-order valence-corrected chi connectivity index (χ1v) is 7.31. The molecule has 0 saturated carbocycles. The number of hydrogen-bond acceptors (Lipinski definition) is 5. The zero-order valence-corrected chi connectivity index (χ0v) is 12.7. The third kappa shape index (κ3) is 4.23. The fourth-order valence-electron chi connectivity index (χ4n) is 2.55. The summed E-state index contributed by atoms with van der Waals surface area (Å²) in [4.78, 5) is 9.32. The van der Waals surface area contributed by atoms with Crippen molar-refractivity contribution in [2.24, 2.45) is 5.92 Å². The predicted octanol–water partition coefficient (Wildman–Crippen LogP) is 1.41. The summed E-state index contributed by atoms with van der Waals surface area (Å²) >= 11 is 0. The van der Waals surface area contributed by atoms with E-state index >= 15 is 0 Å². The Balaban J connectivity index is 1.96. The summed E-state index contributed by atoms with van der Waals surface area (Å²) < 4.78 is 10.4. The first-order valence-electron chi connectivity index (χ1n) is 7.31. The van der Waals surface area contributed by atoms with E-state index in [-0.39, 0.29) is 0 Å². The third-order valence-electron chi connectivity index (χ3n) is 3.75. The van der Waals surface area contributed by atoms with Gasteiger partial charge in [0.1, 0.15) is 5.82 Å². The van der Waals surface area contributed by atoms with Gasteiger partial charge in [-0.1, -0.05) is 0 Å². The Labute approximate surface area is 121 Å². The van der Waals surface area contributed by atoms with Crippen LogP contribution in [0.4, 0.5) is 0 Å². The lowest BCUT2D eigenvalue weighted by atomic mass is 10.0. The molecule has 1 fully saturated rings. The average molecular weight is 279 g/mol. The fraction of sp³-hybridized carbons (Fsp3) is 0.733. The van der Waals surface area contributed by atoms with Crippen molar-refractivity contribution in [3.63, 3.8) is 0 Å². The fourth-order valence-corrected chi connectivity index (χ4v) is 2.55. The molecular formula is C15H25N3O2. The van der Waals surface area contributed by atoms with Gasteiger partial charge in [-0.2, -0.15) is 0 Å². The summed E-state index contributed by atoms with van der Waals surface area (Å²) in [6, 6.07) is 0. The average Bonchev–Trinajstić information content (AvgIpc) is 2.90. The molecule has 5 nitrogen and oxygen atoms in total. The van der Waals surface area contributed by atoms with Gasteiger partial charge in [-0.05, 0) is 26.2 Å². The van der Waals surface area contributed by atoms with Crippen molar-refractivity contribution < 1.29 is 9.47 Å². The highest BCUT2D eigenvalue weighted by Gasteiger charge is 2.18. The molecule has 0 bridgehead atoms. The molecule has 0 amide bonds. The van der Waals surface area contributed by atoms with Gasteiger partial charge in [0.2, 0.25) is 0 Å². The second-order valence-corrected chi connectivity index (χ2v) is 5.39. The van der Waals surface area contributed by atoms with Crippen LogP contribution in [0, 0.1) is 19.8 Å². The first kappa shape index (κ1) is 15.4.